The number of para-hydroxylation sites is 1. The number of carbonyl (C=O) groups excluding carboxylic acids is 2. The minimum Gasteiger partial charge on any atom is -0.295 e. The quantitative estimate of drug-likeness (QED) is 0.756. The smallest absolute Gasteiger partial charge is 0.262 e. The average molecular weight is 354 g/mol. The van der Waals surface area contributed by atoms with E-state index in [0.29, 0.717) is 23.4 Å². The number of halogens is 1. The molecule has 0 aliphatic heterocycles. The molecular formula is C21H20ClNO2. The van der Waals surface area contributed by atoms with E-state index in [4.69, 9.17) is 11.6 Å². The SMILES string of the molecule is Cc1cccc(C)c1N(C(=O)c1cccc(Cl)c1)C1=CC(=O)CCC1. The Kier molecular flexibility index (Phi) is 5.05. The van der Waals surface area contributed by atoms with Crippen LogP contribution in [0.2, 0.25) is 5.02 Å². The molecule has 1 amide bonds. The number of hydrogen-bond acceptors (Lipinski definition) is 2. The van der Waals surface area contributed by atoms with Gasteiger partial charge < -0.3 is 0 Å². The summed E-state index contributed by atoms with van der Waals surface area (Å²) in [4.78, 5) is 27.0. The van der Waals surface area contributed by atoms with E-state index in [2.05, 4.69) is 0 Å². The van der Waals surface area contributed by atoms with Crippen molar-refractivity contribution in [1.82, 2.24) is 0 Å². The van der Waals surface area contributed by atoms with E-state index in [0.717, 1.165) is 28.9 Å². The molecule has 0 N–H and O–H groups in total. The molecule has 0 saturated heterocycles. The minimum absolute atomic E-state index is 0.0661. The fourth-order valence-electron chi connectivity index (χ4n) is 3.23. The number of anilines is 1. The maximum absolute atomic E-state index is 13.3. The van der Waals surface area contributed by atoms with E-state index < -0.39 is 0 Å². The molecule has 1 aliphatic carbocycles. The highest BCUT2D eigenvalue weighted by Gasteiger charge is 2.26. The molecule has 3 rings (SSSR count). The third kappa shape index (κ3) is 3.67. The Morgan fingerprint density at radius 2 is 1.72 bits per heavy atom. The molecule has 0 heterocycles. The molecule has 2 aromatic rings. The molecule has 1 aliphatic rings. The van der Waals surface area contributed by atoms with Gasteiger partial charge in [-0.15, -0.1) is 0 Å². The summed E-state index contributed by atoms with van der Waals surface area (Å²) in [6, 6.07) is 12.8. The van der Waals surface area contributed by atoms with Crippen LogP contribution in [0, 0.1) is 13.8 Å². The van der Waals surface area contributed by atoms with Crippen molar-refractivity contribution >= 4 is 29.0 Å². The Hall–Kier alpha value is -2.39. The maximum Gasteiger partial charge on any atom is 0.262 e. The number of amides is 1. The molecule has 128 valence electrons. The van der Waals surface area contributed by atoms with Gasteiger partial charge in [0.25, 0.3) is 5.91 Å². The third-order valence-electron chi connectivity index (χ3n) is 4.41. The van der Waals surface area contributed by atoms with E-state index in [-0.39, 0.29) is 11.7 Å². The molecule has 0 radical (unpaired) electrons. The average Bonchev–Trinajstić information content (AvgIpc) is 2.58. The largest absolute Gasteiger partial charge is 0.295 e. The van der Waals surface area contributed by atoms with Crippen LogP contribution in [-0.4, -0.2) is 11.7 Å². The number of nitrogens with zero attached hydrogens (tertiary/aromatic N) is 1. The zero-order valence-corrected chi connectivity index (χ0v) is 15.1. The monoisotopic (exact) mass is 353 g/mol. The van der Waals surface area contributed by atoms with Crippen molar-refractivity contribution in [3.05, 3.63) is 76.0 Å². The van der Waals surface area contributed by atoms with Crippen LogP contribution < -0.4 is 4.90 Å². The zero-order chi connectivity index (χ0) is 18.0. The minimum atomic E-state index is -0.166. The highest BCUT2D eigenvalue weighted by atomic mass is 35.5. The summed E-state index contributed by atoms with van der Waals surface area (Å²) in [5.41, 5.74) is 4.09. The first kappa shape index (κ1) is 17.4. The predicted molar refractivity (Wildman–Crippen MR) is 101 cm³/mol. The van der Waals surface area contributed by atoms with Crippen LogP contribution in [0.15, 0.2) is 54.2 Å². The molecule has 0 saturated carbocycles. The van der Waals surface area contributed by atoms with Crippen LogP contribution in [0.1, 0.15) is 40.7 Å². The number of aryl methyl sites for hydroxylation is 2. The molecule has 0 bridgehead atoms. The maximum atomic E-state index is 13.3. The van der Waals surface area contributed by atoms with Gasteiger partial charge in [-0.25, -0.2) is 0 Å². The van der Waals surface area contributed by atoms with Crippen LogP contribution in [-0.2, 0) is 4.79 Å². The number of allylic oxidation sites excluding steroid dienone is 2. The second-order valence-corrected chi connectivity index (χ2v) is 6.78. The van der Waals surface area contributed by atoms with Crippen molar-refractivity contribution in [3.63, 3.8) is 0 Å². The van der Waals surface area contributed by atoms with E-state index in [1.165, 1.54) is 0 Å². The Balaban J connectivity index is 2.16. The van der Waals surface area contributed by atoms with Gasteiger partial charge in [0.2, 0.25) is 0 Å². The van der Waals surface area contributed by atoms with Crippen molar-refractivity contribution in [1.29, 1.82) is 0 Å². The van der Waals surface area contributed by atoms with E-state index in [1.54, 1.807) is 35.2 Å². The molecule has 0 spiro atoms. The Morgan fingerprint density at radius 3 is 2.36 bits per heavy atom. The summed E-state index contributed by atoms with van der Waals surface area (Å²) in [5.74, 6) is -0.0998. The van der Waals surface area contributed by atoms with Crippen molar-refractivity contribution in [2.24, 2.45) is 0 Å². The van der Waals surface area contributed by atoms with Crippen LogP contribution in [0.5, 0.6) is 0 Å². The second kappa shape index (κ2) is 7.24. The van der Waals surface area contributed by atoms with Gasteiger partial charge >= 0.3 is 0 Å². The van der Waals surface area contributed by atoms with Gasteiger partial charge in [-0.2, -0.15) is 0 Å². The molecule has 25 heavy (non-hydrogen) atoms. The van der Waals surface area contributed by atoms with Crippen LogP contribution in [0.3, 0.4) is 0 Å². The second-order valence-electron chi connectivity index (χ2n) is 6.35. The van der Waals surface area contributed by atoms with Crippen LogP contribution >= 0.6 is 11.6 Å². The third-order valence-corrected chi connectivity index (χ3v) is 4.64. The van der Waals surface area contributed by atoms with E-state index in [9.17, 15) is 9.59 Å². The first-order valence-corrected chi connectivity index (χ1v) is 8.75. The van der Waals surface area contributed by atoms with Gasteiger partial charge in [0, 0.05) is 28.8 Å². The molecule has 0 aromatic heterocycles. The molecule has 3 nitrogen and oxygen atoms in total. The Bertz CT molecular complexity index is 850. The lowest BCUT2D eigenvalue weighted by Crippen LogP contribution is -2.33. The van der Waals surface area contributed by atoms with Crippen molar-refractivity contribution in [3.8, 4) is 0 Å². The lowest BCUT2D eigenvalue weighted by molar-refractivity contribution is -0.115. The molecule has 0 fully saturated rings. The number of hydrogen-bond donors (Lipinski definition) is 0. The summed E-state index contributed by atoms with van der Waals surface area (Å²) in [6.45, 7) is 3.96. The van der Waals surface area contributed by atoms with Gasteiger partial charge in [-0.1, -0.05) is 35.9 Å². The number of rotatable bonds is 3. The normalized spacial score (nSPS) is 14.2. The van der Waals surface area contributed by atoms with Gasteiger partial charge in [-0.3, -0.25) is 14.5 Å². The lowest BCUT2D eigenvalue weighted by atomic mass is 9.99. The molecule has 0 unspecified atom stereocenters. The van der Waals surface area contributed by atoms with Crippen molar-refractivity contribution in [2.45, 2.75) is 33.1 Å². The topological polar surface area (TPSA) is 37.4 Å². The fourth-order valence-corrected chi connectivity index (χ4v) is 3.43. The first-order valence-electron chi connectivity index (χ1n) is 8.37. The van der Waals surface area contributed by atoms with Crippen molar-refractivity contribution < 1.29 is 9.59 Å². The first-order chi connectivity index (χ1) is 12.0. The standard InChI is InChI=1S/C21H20ClNO2/c1-14-6-3-7-15(2)20(14)23(18-10-5-11-19(24)13-18)21(25)16-8-4-9-17(22)12-16/h3-4,6-9,12-13H,5,10-11H2,1-2H3. The summed E-state index contributed by atoms with van der Waals surface area (Å²) in [7, 11) is 0. The predicted octanol–water partition coefficient (Wildman–Crippen LogP) is 5.24. The Morgan fingerprint density at radius 1 is 1.04 bits per heavy atom. The van der Waals surface area contributed by atoms with Gasteiger partial charge in [-0.05, 0) is 56.0 Å². The van der Waals surface area contributed by atoms with Crippen LogP contribution in [0.4, 0.5) is 5.69 Å². The number of ketones is 1. The summed E-state index contributed by atoms with van der Waals surface area (Å²) in [5, 5.41) is 0.515. The summed E-state index contributed by atoms with van der Waals surface area (Å²) < 4.78 is 0. The highest BCUT2D eigenvalue weighted by molar-refractivity contribution is 6.31. The lowest BCUT2D eigenvalue weighted by Gasteiger charge is -2.30. The van der Waals surface area contributed by atoms with E-state index in [1.807, 2.05) is 32.0 Å². The fraction of sp³-hybridized carbons (Fsp3) is 0.238. The molecular weight excluding hydrogens is 334 g/mol. The van der Waals surface area contributed by atoms with Gasteiger partial charge in [0.1, 0.15) is 0 Å². The molecule has 0 atom stereocenters. The van der Waals surface area contributed by atoms with Crippen LogP contribution in [0.25, 0.3) is 0 Å². The van der Waals surface area contributed by atoms with Crippen molar-refractivity contribution in [2.75, 3.05) is 4.90 Å². The Labute approximate surface area is 152 Å². The molecule has 2 aromatic carbocycles. The highest BCUT2D eigenvalue weighted by Crippen LogP contribution is 2.33. The zero-order valence-electron chi connectivity index (χ0n) is 14.4. The van der Waals surface area contributed by atoms with E-state index >= 15 is 0 Å². The molecule has 4 heteroatoms. The summed E-state index contributed by atoms with van der Waals surface area (Å²) >= 11 is 6.07. The number of carbonyl (C=O) groups is 2. The number of benzene rings is 2. The van der Waals surface area contributed by atoms with Gasteiger partial charge in [0.15, 0.2) is 5.78 Å². The summed E-state index contributed by atoms with van der Waals surface area (Å²) in [6.07, 6.45) is 3.61. The van der Waals surface area contributed by atoms with Gasteiger partial charge in [0.05, 0.1) is 5.69 Å².